The first-order valence-electron chi connectivity index (χ1n) is 6.29. The smallest absolute Gasteiger partial charge is 0.134 e. The zero-order valence-electron chi connectivity index (χ0n) is 10.2. The first-order valence-corrected chi connectivity index (χ1v) is 6.29. The average molecular weight is 244 g/mol. The van der Waals surface area contributed by atoms with Gasteiger partial charge in [-0.25, -0.2) is 0 Å². The molecular weight excluding hydrogens is 228 g/mol. The minimum atomic E-state index is 0.444. The van der Waals surface area contributed by atoms with Crippen molar-refractivity contribution in [1.82, 2.24) is 5.16 Å². The lowest BCUT2D eigenvalue weighted by atomic mass is 10.3. The van der Waals surface area contributed by atoms with Gasteiger partial charge < -0.3 is 14.2 Å². The Morgan fingerprint density at radius 1 is 1.11 bits per heavy atom. The van der Waals surface area contributed by atoms with Gasteiger partial charge in [0.2, 0.25) is 0 Å². The van der Waals surface area contributed by atoms with E-state index in [0.717, 1.165) is 11.4 Å². The molecule has 1 saturated heterocycles. The lowest BCUT2D eigenvalue weighted by molar-refractivity contribution is 0.289. The molecule has 0 atom stereocenters. The number of benzene rings is 1. The molecular formula is C14H16N2O2. The van der Waals surface area contributed by atoms with Crippen molar-refractivity contribution in [1.29, 1.82) is 0 Å². The Morgan fingerprint density at radius 3 is 2.56 bits per heavy atom. The van der Waals surface area contributed by atoms with E-state index in [1.54, 1.807) is 12.3 Å². The molecule has 0 N–H and O–H groups in total. The van der Waals surface area contributed by atoms with Gasteiger partial charge in [0.25, 0.3) is 0 Å². The van der Waals surface area contributed by atoms with Crippen LogP contribution in [0.2, 0.25) is 0 Å². The van der Waals surface area contributed by atoms with Crippen LogP contribution < -0.4 is 9.64 Å². The molecule has 94 valence electrons. The SMILES string of the molecule is c1cc(COc2ccc(N3CCCC3)cc2)no1. The van der Waals surface area contributed by atoms with Gasteiger partial charge in [-0.15, -0.1) is 0 Å². The van der Waals surface area contributed by atoms with Gasteiger partial charge in [0.05, 0.1) is 0 Å². The molecule has 3 rings (SSSR count). The van der Waals surface area contributed by atoms with E-state index in [1.165, 1.54) is 31.6 Å². The van der Waals surface area contributed by atoms with Crippen LogP contribution in [0, 0.1) is 0 Å². The molecule has 1 aliphatic heterocycles. The maximum absolute atomic E-state index is 5.63. The van der Waals surface area contributed by atoms with Gasteiger partial charge in [-0.05, 0) is 37.1 Å². The van der Waals surface area contributed by atoms with Crippen molar-refractivity contribution in [3.8, 4) is 5.75 Å². The maximum atomic E-state index is 5.63. The molecule has 0 aliphatic carbocycles. The van der Waals surface area contributed by atoms with Gasteiger partial charge in [0, 0.05) is 24.8 Å². The molecule has 1 aliphatic rings. The summed E-state index contributed by atoms with van der Waals surface area (Å²) in [5, 5.41) is 3.80. The molecule has 1 aromatic heterocycles. The Hall–Kier alpha value is -1.97. The van der Waals surface area contributed by atoms with Gasteiger partial charge in [0.15, 0.2) is 0 Å². The largest absolute Gasteiger partial charge is 0.487 e. The lowest BCUT2D eigenvalue weighted by Gasteiger charge is -2.17. The fourth-order valence-corrected chi connectivity index (χ4v) is 2.20. The highest BCUT2D eigenvalue weighted by Crippen LogP contribution is 2.23. The van der Waals surface area contributed by atoms with E-state index < -0.39 is 0 Å². The summed E-state index contributed by atoms with van der Waals surface area (Å²) in [6.07, 6.45) is 4.14. The molecule has 4 nitrogen and oxygen atoms in total. The minimum absolute atomic E-state index is 0.444. The molecule has 0 radical (unpaired) electrons. The Kier molecular flexibility index (Phi) is 3.17. The topological polar surface area (TPSA) is 38.5 Å². The number of anilines is 1. The zero-order valence-corrected chi connectivity index (χ0v) is 10.2. The van der Waals surface area contributed by atoms with Gasteiger partial charge in [-0.1, -0.05) is 5.16 Å². The lowest BCUT2D eigenvalue weighted by Crippen LogP contribution is -2.17. The van der Waals surface area contributed by atoms with Crippen molar-refractivity contribution in [3.63, 3.8) is 0 Å². The minimum Gasteiger partial charge on any atom is -0.487 e. The average Bonchev–Trinajstić information content (AvgIpc) is 3.10. The molecule has 0 bridgehead atoms. The predicted octanol–water partition coefficient (Wildman–Crippen LogP) is 2.85. The van der Waals surface area contributed by atoms with Crippen molar-refractivity contribution in [2.75, 3.05) is 18.0 Å². The molecule has 0 unspecified atom stereocenters. The third kappa shape index (κ3) is 2.47. The van der Waals surface area contributed by atoms with E-state index in [9.17, 15) is 0 Å². The summed E-state index contributed by atoms with van der Waals surface area (Å²) in [5.41, 5.74) is 2.08. The number of hydrogen-bond donors (Lipinski definition) is 0. The van der Waals surface area contributed by atoms with Crippen LogP contribution in [0.3, 0.4) is 0 Å². The van der Waals surface area contributed by atoms with Gasteiger partial charge >= 0.3 is 0 Å². The summed E-state index contributed by atoms with van der Waals surface area (Å²) in [6, 6.07) is 10.0. The molecule has 1 fully saturated rings. The summed E-state index contributed by atoms with van der Waals surface area (Å²) in [4.78, 5) is 2.40. The molecule has 2 aromatic rings. The van der Waals surface area contributed by atoms with Crippen molar-refractivity contribution < 1.29 is 9.26 Å². The van der Waals surface area contributed by atoms with Gasteiger partial charge in [-0.3, -0.25) is 0 Å². The van der Waals surface area contributed by atoms with Crippen LogP contribution >= 0.6 is 0 Å². The standard InChI is InChI=1S/C14H16N2O2/c1-2-9-16(8-1)13-3-5-14(6-4-13)17-11-12-7-10-18-15-12/h3-7,10H,1-2,8-9,11H2. The zero-order chi connectivity index (χ0) is 12.2. The summed E-state index contributed by atoms with van der Waals surface area (Å²) in [5.74, 6) is 0.862. The third-order valence-corrected chi connectivity index (χ3v) is 3.19. The molecule has 0 saturated carbocycles. The van der Waals surface area contributed by atoms with Crippen LogP contribution in [0.15, 0.2) is 41.1 Å². The molecule has 0 amide bonds. The Balaban J connectivity index is 1.60. The summed E-state index contributed by atoms with van der Waals surface area (Å²) >= 11 is 0. The normalized spacial score (nSPS) is 15.0. The maximum Gasteiger partial charge on any atom is 0.134 e. The Labute approximate surface area is 106 Å². The van der Waals surface area contributed by atoms with Crippen LogP contribution in [0.5, 0.6) is 5.75 Å². The van der Waals surface area contributed by atoms with Crippen molar-refractivity contribution >= 4 is 5.69 Å². The first kappa shape index (κ1) is 11.1. The molecule has 18 heavy (non-hydrogen) atoms. The monoisotopic (exact) mass is 244 g/mol. The second-order valence-electron chi connectivity index (χ2n) is 4.47. The predicted molar refractivity (Wildman–Crippen MR) is 68.7 cm³/mol. The number of aromatic nitrogens is 1. The summed E-state index contributed by atoms with van der Waals surface area (Å²) in [6.45, 7) is 2.78. The molecule has 2 heterocycles. The van der Waals surface area contributed by atoms with Gasteiger partial charge in [0.1, 0.15) is 24.3 Å². The molecule has 4 heteroatoms. The van der Waals surface area contributed by atoms with Crippen LogP contribution in [0.4, 0.5) is 5.69 Å². The summed E-state index contributed by atoms with van der Waals surface area (Å²) < 4.78 is 10.4. The number of rotatable bonds is 4. The molecule has 0 spiro atoms. The second kappa shape index (κ2) is 5.12. The highest BCUT2D eigenvalue weighted by Gasteiger charge is 2.11. The van der Waals surface area contributed by atoms with Crippen LogP contribution in [0.25, 0.3) is 0 Å². The van der Waals surface area contributed by atoms with Gasteiger partial charge in [-0.2, -0.15) is 0 Å². The molecule has 1 aromatic carbocycles. The van der Waals surface area contributed by atoms with E-state index in [2.05, 4.69) is 22.2 Å². The highest BCUT2D eigenvalue weighted by molar-refractivity contribution is 5.49. The second-order valence-corrected chi connectivity index (χ2v) is 4.47. The number of nitrogens with zero attached hydrogens (tertiary/aromatic N) is 2. The van der Waals surface area contributed by atoms with E-state index >= 15 is 0 Å². The third-order valence-electron chi connectivity index (χ3n) is 3.19. The summed E-state index contributed by atoms with van der Waals surface area (Å²) in [7, 11) is 0. The van der Waals surface area contributed by atoms with Crippen LogP contribution in [0.1, 0.15) is 18.5 Å². The number of ether oxygens (including phenoxy) is 1. The highest BCUT2D eigenvalue weighted by atomic mass is 16.5. The Morgan fingerprint density at radius 2 is 1.89 bits per heavy atom. The fourth-order valence-electron chi connectivity index (χ4n) is 2.20. The van der Waals surface area contributed by atoms with Crippen LogP contribution in [-0.4, -0.2) is 18.2 Å². The van der Waals surface area contributed by atoms with Crippen molar-refractivity contribution in [2.45, 2.75) is 19.4 Å². The van der Waals surface area contributed by atoms with Crippen molar-refractivity contribution in [3.05, 3.63) is 42.3 Å². The van der Waals surface area contributed by atoms with E-state index in [1.807, 2.05) is 12.1 Å². The van der Waals surface area contributed by atoms with Crippen molar-refractivity contribution in [2.24, 2.45) is 0 Å². The van der Waals surface area contributed by atoms with E-state index in [4.69, 9.17) is 9.26 Å². The first-order chi connectivity index (χ1) is 8.92. The van der Waals surface area contributed by atoms with Crippen LogP contribution in [-0.2, 0) is 6.61 Å². The fraction of sp³-hybridized carbons (Fsp3) is 0.357. The quantitative estimate of drug-likeness (QED) is 0.829. The Bertz CT molecular complexity index is 473. The van der Waals surface area contributed by atoms with E-state index in [0.29, 0.717) is 6.61 Å². The van der Waals surface area contributed by atoms with E-state index in [-0.39, 0.29) is 0 Å². The number of hydrogen-bond acceptors (Lipinski definition) is 4.